The monoisotopic (exact) mass is 386 g/mol. The highest BCUT2D eigenvalue weighted by molar-refractivity contribution is 9.10. The Morgan fingerprint density at radius 3 is 2.71 bits per heavy atom. The van der Waals surface area contributed by atoms with Gasteiger partial charge in [0.25, 0.3) is 0 Å². The van der Waals surface area contributed by atoms with Crippen molar-refractivity contribution in [1.82, 2.24) is 19.3 Å². The van der Waals surface area contributed by atoms with E-state index in [0.29, 0.717) is 10.9 Å². The van der Waals surface area contributed by atoms with Crippen LogP contribution in [0.25, 0.3) is 16.9 Å². The van der Waals surface area contributed by atoms with Gasteiger partial charge in [-0.15, -0.1) is 11.6 Å². The van der Waals surface area contributed by atoms with Crippen molar-refractivity contribution in [3.05, 3.63) is 39.2 Å². The predicted octanol–water partition coefficient (Wildman–Crippen LogP) is 4.48. The highest BCUT2D eigenvalue weighted by atomic mass is 79.9. The first-order valence-electron chi connectivity index (χ1n) is 6.51. The van der Waals surface area contributed by atoms with Crippen LogP contribution >= 0.6 is 39.1 Å². The molecule has 0 aliphatic rings. The number of hydrogen-bond acceptors (Lipinski definition) is 2. The first kappa shape index (κ1) is 14.9. The minimum absolute atomic E-state index is 0.331. The third kappa shape index (κ3) is 2.37. The molecule has 110 valence electrons. The predicted molar refractivity (Wildman–Crippen MR) is 89.5 cm³/mol. The van der Waals surface area contributed by atoms with Gasteiger partial charge in [0, 0.05) is 11.5 Å². The van der Waals surface area contributed by atoms with Crippen LogP contribution in [0.3, 0.4) is 0 Å². The number of imidazole rings is 1. The lowest BCUT2D eigenvalue weighted by atomic mass is 10.3. The molecule has 3 aromatic rings. The van der Waals surface area contributed by atoms with Gasteiger partial charge in [-0.3, -0.25) is 4.57 Å². The van der Waals surface area contributed by atoms with E-state index >= 15 is 0 Å². The third-order valence-electron chi connectivity index (χ3n) is 3.39. The Labute approximate surface area is 140 Å². The van der Waals surface area contributed by atoms with Crippen LogP contribution in [0.5, 0.6) is 0 Å². The van der Waals surface area contributed by atoms with Crippen molar-refractivity contribution in [2.45, 2.75) is 19.2 Å². The number of aryl methyl sites for hydroxylation is 2. The van der Waals surface area contributed by atoms with Gasteiger partial charge in [0.15, 0.2) is 5.65 Å². The molecule has 0 unspecified atom stereocenters. The minimum atomic E-state index is 0.331. The van der Waals surface area contributed by atoms with Crippen LogP contribution in [-0.2, 0) is 19.3 Å². The van der Waals surface area contributed by atoms with Crippen molar-refractivity contribution in [3.8, 4) is 5.69 Å². The normalized spacial score (nSPS) is 11.5. The summed E-state index contributed by atoms with van der Waals surface area (Å²) in [7, 11) is 1.92. The lowest BCUT2D eigenvalue weighted by Gasteiger charge is -2.09. The Bertz CT molecular complexity index is 822. The molecule has 4 nitrogen and oxygen atoms in total. The summed E-state index contributed by atoms with van der Waals surface area (Å²) in [5.41, 5.74) is 3.78. The maximum absolute atomic E-state index is 6.08. The summed E-state index contributed by atoms with van der Waals surface area (Å²) >= 11 is 15.6. The van der Waals surface area contributed by atoms with Crippen molar-refractivity contribution in [2.24, 2.45) is 7.05 Å². The fraction of sp³-hybridized carbons (Fsp3) is 0.286. The number of alkyl halides is 1. The molecule has 0 bridgehead atoms. The van der Waals surface area contributed by atoms with Gasteiger partial charge in [-0.25, -0.2) is 9.67 Å². The quantitative estimate of drug-likeness (QED) is 0.621. The number of aromatic nitrogens is 4. The highest BCUT2D eigenvalue weighted by Gasteiger charge is 2.19. The molecular weight excluding hydrogens is 375 g/mol. The molecule has 0 saturated carbocycles. The molecule has 0 aliphatic carbocycles. The van der Waals surface area contributed by atoms with E-state index in [0.717, 1.165) is 39.3 Å². The number of benzene rings is 1. The zero-order valence-corrected chi connectivity index (χ0v) is 14.7. The van der Waals surface area contributed by atoms with E-state index in [-0.39, 0.29) is 0 Å². The SMILES string of the molecule is CCc1nn(C)c2c1nc(CCl)n2-c1ccc(Cl)c(Br)c1. The molecule has 0 radical (unpaired) electrons. The molecule has 2 aromatic heterocycles. The van der Waals surface area contributed by atoms with Gasteiger partial charge >= 0.3 is 0 Å². The molecule has 21 heavy (non-hydrogen) atoms. The number of hydrogen-bond donors (Lipinski definition) is 0. The summed E-state index contributed by atoms with van der Waals surface area (Å²) < 4.78 is 4.71. The molecule has 0 spiro atoms. The molecule has 3 rings (SSSR count). The van der Waals surface area contributed by atoms with Crippen LogP contribution in [0.4, 0.5) is 0 Å². The van der Waals surface area contributed by atoms with Crippen molar-refractivity contribution >= 4 is 50.3 Å². The van der Waals surface area contributed by atoms with E-state index in [1.165, 1.54) is 0 Å². The number of fused-ring (bicyclic) bond motifs is 1. The number of rotatable bonds is 3. The Morgan fingerprint density at radius 2 is 2.10 bits per heavy atom. The zero-order chi connectivity index (χ0) is 15.1. The molecular formula is C14H13BrCl2N4. The molecule has 2 heterocycles. The Hall–Kier alpha value is -1.04. The van der Waals surface area contributed by atoms with Crippen molar-refractivity contribution in [3.63, 3.8) is 0 Å². The topological polar surface area (TPSA) is 35.6 Å². The van der Waals surface area contributed by atoms with Crippen LogP contribution in [0.15, 0.2) is 22.7 Å². The summed E-state index contributed by atoms with van der Waals surface area (Å²) in [6.45, 7) is 2.07. The summed E-state index contributed by atoms with van der Waals surface area (Å²) in [5, 5.41) is 5.19. The van der Waals surface area contributed by atoms with Crippen molar-refractivity contribution in [1.29, 1.82) is 0 Å². The molecule has 0 amide bonds. The van der Waals surface area contributed by atoms with Gasteiger partial charge in [-0.2, -0.15) is 5.10 Å². The molecule has 0 atom stereocenters. The average Bonchev–Trinajstić information content (AvgIpc) is 2.99. The van der Waals surface area contributed by atoms with Gasteiger partial charge in [-0.05, 0) is 40.5 Å². The van der Waals surface area contributed by atoms with Gasteiger partial charge in [0.2, 0.25) is 0 Å². The summed E-state index contributed by atoms with van der Waals surface area (Å²) in [6, 6.07) is 5.75. The van der Waals surface area contributed by atoms with Crippen molar-refractivity contribution in [2.75, 3.05) is 0 Å². The second-order valence-corrected chi connectivity index (χ2v) is 6.22. The van der Waals surface area contributed by atoms with Gasteiger partial charge < -0.3 is 0 Å². The summed E-state index contributed by atoms with van der Waals surface area (Å²) in [6.07, 6.45) is 0.834. The first-order chi connectivity index (χ1) is 10.1. The molecule has 0 aliphatic heterocycles. The summed E-state index contributed by atoms with van der Waals surface area (Å²) in [5.74, 6) is 1.13. The lowest BCUT2D eigenvalue weighted by Crippen LogP contribution is -2.04. The van der Waals surface area contributed by atoms with Crippen LogP contribution in [0.1, 0.15) is 18.4 Å². The molecule has 0 saturated heterocycles. The van der Waals surface area contributed by atoms with Crippen LogP contribution in [-0.4, -0.2) is 19.3 Å². The molecule has 0 fully saturated rings. The van der Waals surface area contributed by atoms with E-state index in [4.69, 9.17) is 23.2 Å². The maximum atomic E-state index is 6.08. The van der Waals surface area contributed by atoms with E-state index < -0.39 is 0 Å². The summed E-state index contributed by atoms with van der Waals surface area (Å²) in [4.78, 5) is 4.65. The maximum Gasteiger partial charge on any atom is 0.163 e. The average molecular weight is 388 g/mol. The van der Waals surface area contributed by atoms with Crippen LogP contribution in [0, 0.1) is 0 Å². The van der Waals surface area contributed by atoms with E-state index in [1.54, 1.807) is 0 Å². The second kappa shape index (κ2) is 5.63. The second-order valence-electron chi connectivity index (χ2n) is 4.69. The van der Waals surface area contributed by atoms with Gasteiger partial charge in [-0.1, -0.05) is 18.5 Å². The highest BCUT2D eigenvalue weighted by Crippen LogP contribution is 2.29. The molecule has 7 heteroatoms. The standard InChI is InChI=1S/C14H13BrCl2N4/c1-3-11-13-14(20(2)19-11)21(12(7-16)18-13)8-4-5-10(17)9(15)6-8/h4-6H,3,7H2,1-2H3. The molecule has 0 N–H and O–H groups in total. The largest absolute Gasteiger partial charge is 0.280 e. The Kier molecular flexibility index (Phi) is 3.99. The first-order valence-corrected chi connectivity index (χ1v) is 8.22. The third-order valence-corrected chi connectivity index (χ3v) is 4.84. The van der Waals surface area contributed by atoms with Gasteiger partial charge in [0.1, 0.15) is 11.3 Å². The Balaban J connectivity index is 2.34. The van der Waals surface area contributed by atoms with Crippen LogP contribution < -0.4 is 0 Å². The number of nitrogens with zero attached hydrogens (tertiary/aromatic N) is 4. The Morgan fingerprint density at radius 1 is 1.33 bits per heavy atom. The number of halogens is 3. The molecule has 1 aromatic carbocycles. The fourth-order valence-corrected chi connectivity index (χ4v) is 3.11. The smallest absolute Gasteiger partial charge is 0.163 e. The van der Waals surface area contributed by atoms with E-state index in [9.17, 15) is 0 Å². The van der Waals surface area contributed by atoms with Crippen molar-refractivity contribution < 1.29 is 0 Å². The van der Waals surface area contributed by atoms with Crippen LogP contribution in [0.2, 0.25) is 5.02 Å². The van der Waals surface area contributed by atoms with Gasteiger partial charge in [0.05, 0.1) is 22.3 Å². The minimum Gasteiger partial charge on any atom is -0.280 e. The lowest BCUT2D eigenvalue weighted by molar-refractivity contribution is 0.744. The zero-order valence-electron chi connectivity index (χ0n) is 11.6. The fourth-order valence-electron chi connectivity index (χ4n) is 2.45. The van der Waals surface area contributed by atoms with E-state index in [1.807, 2.05) is 34.5 Å². The van der Waals surface area contributed by atoms with E-state index in [2.05, 4.69) is 32.9 Å².